The number of nitrogens with two attached hydrogens (primary N) is 1. The third-order valence-electron chi connectivity index (χ3n) is 3.04. The third-order valence-corrected chi connectivity index (χ3v) is 3.51. The number of nitrogens with one attached hydrogen (secondary N) is 1. The van der Waals surface area contributed by atoms with Crippen molar-refractivity contribution in [3.05, 3.63) is 58.2 Å². The Hall–Kier alpha value is -2.17. The van der Waals surface area contributed by atoms with Gasteiger partial charge in [-0.3, -0.25) is 0 Å². The molecule has 0 spiro atoms. The molecule has 0 radical (unpaired) electrons. The fourth-order valence-electron chi connectivity index (χ4n) is 2.03. The van der Waals surface area contributed by atoms with Crippen molar-refractivity contribution in [1.82, 2.24) is 4.98 Å². The van der Waals surface area contributed by atoms with Crippen molar-refractivity contribution < 1.29 is 9.53 Å². The lowest BCUT2D eigenvalue weighted by Gasteiger charge is -2.06. The van der Waals surface area contributed by atoms with Crippen molar-refractivity contribution in [3.8, 4) is 5.75 Å². The number of ether oxygens (including phenoxy) is 1. The lowest BCUT2D eigenvalue weighted by molar-refractivity contribution is 0.0738. The zero-order chi connectivity index (χ0) is 15.0. The molecule has 0 aliphatic carbocycles. The topological polar surface area (TPSA) is 68.1 Å². The van der Waals surface area contributed by atoms with E-state index in [9.17, 15) is 4.79 Å². The van der Waals surface area contributed by atoms with Crippen molar-refractivity contribution in [1.29, 1.82) is 0 Å². The molecule has 0 saturated heterocycles. The highest BCUT2D eigenvalue weighted by Gasteiger charge is 2.15. The van der Waals surface area contributed by atoms with Gasteiger partial charge in [-0.2, -0.15) is 0 Å². The number of halogens is 2. The minimum atomic E-state index is -0.542. The van der Waals surface area contributed by atoms with Crippen LogP contribution in [0.15, 0.2) is 42.6 Å². The van der Waals surface area contributed by atoms with Crippen molar-refractivity contribution in [3.63, 3.8) is 0 Å². The van der Waals surface area contributed by atoms with E-state index in [1.807, 2.05) is 0 Å². The standard InChI is InChI=1S/C15H10Cl2N2O2/c16-8-1-3-10(12(18)5-8)15(20)21-14-7-19-13-6-9(17)2-4-11(13)14/h1-7,19H,18H2. The van der Waals surface area contributed by atoms with Gasteiger partial charge in [-0.25, -0.2) is 4.79 Å². The van der Waals surface area contributed by atoms with Gasteiger partial charge in [0.05, 0.1) is 11.1 Å². The van der Waals surface area contributed by atoms with Gasteiger partial charge < -0.3 is 15.5 Å². The molecule has 1 heterocycles. The summed E-state index contributed by atoms with van der Waals surface area (Å²) in [6.45, 7) is 0. The Bertz CT molecular complexity index is 843. The molecule has 2 aromatic carbocycles. The van der Waals surface area contributed by atoms with Crippen LogP contribution in [0.2, 0.25) is 10.0 Å². The molecule has 3 N–H and O–H groups in total. The first kappa shape index (κ1) is 13.8. The number of nitrogen functional groups attached to an aromatic ring is 1. The summed E-state index contributed by atoms with van der Waals surface area (Å²) in [7, 11) is 0. The minimum Gasteiger partial charge on any atom is -0.421 e. The molecule has 4 nitrogen and oxygen atoms in total. The number of fused-ring (bicyclic) bond motifs is 1. The molecule has 0 saturated carbocycles. The van der Waals surface area contributed by atoms with Gasteiger partial charge in [0.1, 0.15) is 0 Å². The summed E-state index contributed by atoms with van der Waals surface area (Å²) in [6.07, 6.45) is 1.60. The average Bonchev–Trinajstić information content (AvgIpc) is 2.80. The minimum absolute atomic E-state index is 0.266. The Morgan fingerprint density at radius 3 is 2.57 bits per heavy atom. The Morgan fingerprint density at radius 2 is 1.81 bits per heavy atom. The first-order valence-corrected chi connectivity index (χ1v) is 6.84. The van der Waals surface area contributed by atoms with Gasteiger partial charge in [-0.05, 0) is 36.4 Å². The molecule has 3 rings (SSSR count). The van der Waals surface area contributed by atoms with Gasteiger partial charge in [0.2, 0.25) is 0 Å². The summed E-state index contributed by atoms with van der Waals surface area (Å²) in [6, 6.07) is 9.89. The molecule has 0 aliphatic rings. The van der Waals surface area contributed by atoms with Crippen LogP contribution in [-0.4, -0.2) is 11.0 Å². The van der Waals surface area contributed by atoms with Gasteiger partial charge in [0.25, 0.3) is 0 Å². The Morgan fingerprint density at radius 1 is 1.10 bits per heavy atom. The SMILES string of the molecule is Nc1cc(Cl)ccc1C(=O)Oc1c[nH]c2cc(Cl)ccc12. The number of carbonyl (C=O) groups is 1. The molecular weight excluding hydrogens is 311 g/mol. The Kier molecular flexibility index (Phi) is 3.49. The maximum absolute atomic E-state index is 12.2. The number of hydrogen-bond donors (Lipinski definition) is 2. The molecule has 0 aliphatic heterocycles. The van der Waals surface area contributed by atoms with Gasteiger partial charge in [0, 0.05) is 27.3 Å². The summed E-state index contributed by atoms with van der Waals surface area (Å²) < 4.78 is 5.38. The maximum Gasteiger partial charge on any atom is 0.345 e. The van der Waals surface area contributed by atoms with Crippen molar-refractivity contribution in [2.24, 2.45) is 0 Å². The molecular formula is C15H10Cl2N2O2. The molecule has 0 amide bonds. The molecule has 3 aromatic rings. The lowest BCUT2D eigenvalue weighted by atomic mass is 10.2. The zero-order valence-corrected chi connectivity index (χ0v) is 12.2. The van der Waals surface area contributed by atoms with Crippen molar-refractivity contribution >= 4 is 45.8 Å². The second-order valence-electron chi connectivity index (χ2n) is 4.46. The van der Waals surface area contributed by atoms with E-state index < -0.39 is 5.97 Å². The van der Waals surface area contributed by atoms with Crippen LogP contribution in [0.3, 0.4) is 0 Å². The average molecular weight is 321 g/mol. The molecule has 0 unspecified atom stereocenters. The smallest absolute Gasteiger partial charge is 0.345 e. The fraction of sp³-hybridized carbons (Fsp3) is 0. The highest BCUT2D eigenvalue weighted by atomic mass is 35.5. The van der Waals surface area contributed by atoms with Crippen molar-refractivity contribution in [2.45, 2.75) is 0 Å². The monoisotopic (exact) mass is 320 g/mol. The summed E-state index contributed by atoms with van der Waals surface area (Å²) in [5, 5.41) is 1.83. The van der Waals surface area contributed by atoms with E-state index >= 15 is 0 Å². The van der Waals surface area contributed by atoms with E-state index in [1.54, 1.807) is 30.5 Å². The zero-order valence-electron chi connectivity index (χ0n) is 10.7. The first-order valence-electron chi connectivity index (χ1n) is 6.08. The Labute approximate surface area is 130 Å². The van der Waals surface area contributed by atoms with Crippen LogP contribution in [0.4, 0.5) is 5.69 Å². The van der Waals surface area contributed by atoms with Gasteiger partial charge in [0.15, 0.2) is 5.75 Å². The molecule has 6 heteroatoms. The van der Waals surface area contributed by atoms with Crippen LogP contribution in [0.5, 0.6) is 5.75 Å². The fourth-order valence-corrected chi connectivity index (χ4v) is 2.38. The highest BCUT2D eigenvalue weighted by Crippen LogP contribution is 2.29. The van der Waals surface area contributed by atoms with Crippen LogP contribution >= 0.6 is 23.2 Å². The predicted octanol–water partition coefficient (Wildman–Crippen LogP) is 4.28. The second-order valence-corrected chi connectivity index (χ2v) is 5.34. The van der Waals surface area contributed by atoms with Gasteiger partial charge >= 0.3 is 5.97 Å². The number of aromatic nitrogens is 1. The number of rotatable bonds is 2. The predicted molar refractivity (Wildman–Crippen MR) is 84.1 cm³/mol. The van der Waals surface area contributed by atoms with E-state index in [1.165, 1.54) is 12.1 Å². The molecule has 0 bridgehead atoms. The van der Waals surface area contributed by atoms with E-state index in [0.717, 1.165) is 10.9 Å². The number of esters is 1. The quantitative estimate of drug-likeness (QED) is 0.547. The van der Waals surface area contributed by atoms with E-state index in [4.69, 9.17) is 33.7 Å². The van der Waals surface area contributed by atoms with Crippen LogP contribution in [0, 0.1) is 0 Å². The number of anilines is 1. The largest absolute Gasteiger partial charge is 0.421 e. The van der Waals surface area contributed by atoms with Gasteiger partial charge in [-0.15, -0.1) is 0 Å². The first-order chi connectivity index (χ1) is 10.0. The summed E-state index contributed by atoms with van der Waals surface area (Å²) in [5.41, 5.74) is 7.10. The molecule has 1 aromatic heterocycles. The Balaban J connectivity index is 1.93. The number of benzene rings is 2. The second kappa shape index (κ2) is 5.31. The van der Waals surface area contributed by atoms with Gasteiger partial charge in [-0.1, -0.05) is 23.2 Å². The maximum atomic E-state index is 12.2. The molecule has 0 atom stereocenters. The normalized spacial score (nSPS) is 10.8. The van der Waals surface area contributed by atoms with E-state index in [0.29, 0.717) is 15.8 Å². The molecule has 0 fully saturated rings. The van der Waals surface area contributed by atoms with E-state index in [2.05, 4.69) is 4.98 Å². The van der Waals surface area contributed by atoms with Crippen LogP contribution in [0.1, 0.15) is 10.4 Å². The molecule has 106 valence electrons. The van der Waals surface area contributed by atoms with Crippen molar-refractivity contribution in [2.75, 3.05) is 5.73 Å². The van der Waals surface area contributed by atoms with Crippen LogP contribution < -0.4 is 10.5 Å². The summed E-state index contributed by atoms with van der Waals surface area (Å²) in [4.78, 5) is 15.2. The van der Waals surface area contributed by atoms with Crippen LogP contribution in [0.25, 0.3) is 10.9 Å². The summed E-state index contributed by atoms with van der Waals surface area (Å²) in [5.74, 6) is -0.124. The summed E-state index contributed by atoms with van der Waals surface area (Å²) >= 11 is 11.7. The number of hydrogen-bond acceptors (Lipinski definition) is 3. The lowest BCUT2D eigenvalue weighted by Crippen LogP contribution is -2.10. The van der Waals surface area contributed by atoms with Crippen LogP contribution in [-0.2, 0) is 0 Å². The number of carbonyl (C=O) groups excluding carboxylic acids is 1. The number of aromatic amines is 1. The molecule has 21 heavy (non-hydrogen) atoms. The number of H-pyrrole nitrogens is 1. The highest BCUT2D eigenvalue weighted by molar-refractivity contribution is 6.31. The van der Waals surface area contributed by atoms with E-state index in [-0.39, 0.29) is 11.3 Å². The third kappa shape index (κ3) is 2.68.